The van der Waals surface area contributed by atoms with Crippen LogP contribution in [0, 0.1) is 13.8 Å². The van der Waals surface area contributed by atoms with E-state index in [1.165, 1.54) is 26.5 Å². The molecular formula is C24H34OS. The number of rotatable bonds is 3. The Morgan fingerprint density at radius 1 is 0.769 bits per heavy atom. The van der Waals surface area contributed by atoms with Crippen LogP contribution >= 0.6 is 11.8 Å². The van der Waals surface area contributed by atoms with Crippen molar-refractivity contribution < 1.29 is 5.11 Å². The van der Waals surface area contributed by atoms with Crippen molar-refractivity contribution in [3.63, 3.8) is 0 Å². The molecule has 0 amide bonds. The molecule has 1 N–H and O–H groups in total. The van der Waals surface area contributed by atoms with E-state index in [1.54, 1.807) is 0 Å². The van der Waals surface area contributed by atoms with E-state index in [9.17, 15) is 5.11 Å². The highest BCUT2D eigenvalue weighted by Crippen LogP contribution is 2.41. The third-order valence-corrected chi connectivity index (χ3v) is 6.23. The van der Waals surface area contributed by atoms with E-state index in [0.29, 0.717) is 5.75 Å². The summed E-state index contributed by atoms with van der Waals surface area (Å²) in [6.45, 7) is 19.8. The van der Waals surface area contributed by atoms with Gasteiger partial charge in [0.05, 0.1) is 0 Å². The highest BCUT2D eigenvalue weighted by Gasteiger charge is 2.22. The SMILES string of the molecule is CCc1cc(C)c(Sc2cc(C(C)(C)C)c(O)cc2C)cc1C(C)(C)C. The van der Waals surface area contributed by atoms with E-state index in [0.717, 1.165) is 17.5 Å². The molecular weight excluding hydrogens is 336 g/mol. The van der Waals surface area contributed by atoms with Crippen molar-refractivity contribution in [2.24, 2.45) is 0 Å². The lowest BCUT2D eigenvalue weighted by atomic mass is 9.82. The molecule has 26 heavy (non-hydrogen) atoms. The fourth-order valence-electron chi connectivity index (χ4n) is 3.35. The molecule has 2 rings (SSSR count). The van der Waals surface area contributed by atoms with Crippen molar-refractivity contribution in [1.29, 1.82) is 0 Å². The summed E-state index contributed by atoms with van der Waals surface area (Å²) in [6, 6.07) is 8.80. The van der Waals surface area contributed by atoms with E-state index in [2.05, 4.69) is 80.5 Å². The van der Waals surface area contributed by atoms with Gasteiger partial charge in [-0.25, -0.2) is 0 Å². The summed E-state index contributed by atoms with van der Waals surface area (Å²) in [5, 5.41) is 10.4. The number of phenols is 1. The van der Waals surface area contributed by atoms with Crippen molar-refractivity contribution in [1.82, 2.24) is 0 Å². The maximum absolute atomic E-state index is 10.4. The summed E-state index contributed by atoms with van der Waals surface area (Å²) < 4.78 is 0. The second-order valence-electron chi connectivity index (χ2n) is 9.37. The number of benzene rings is 2. The van der Waals surface area contributed by atoms with Crippen molar-refractivity contribution in [2.45, 2.75) is 89.4 Å². The lowest BCUT2D eigenvalue weighted by Crippen LogP contribution is -2.14. The molecule has 0 aliphatic carbocycles. The van der Waals surface area contributed by atoms with Gasteiger partial charge in [0.15, 0.2) is 0 Å². The maximum atomic E-state index is 10.4. The Bertz CT molecular complexity index is 804. The van der Waals surface area contributed by atoms with Gasteiger partial charge in [-0.15, -0.1) is 0 Å². The summed E-state index contributed by atoms with van der Waals surface area (Å²) in [5.41, 5.74) is 6.38. The molecule has 2 aromatic carbocycles. The molecule has 0 aliphatic heterocycles. The molecule has 0 bridgehead atoms. The molecule has 0 aromatic heterocycles. The lowest BCUT2D eigenvalue weighted by molar-refractivity contribution is 0.445. The molecule has 0 atom stereocenters. The Morgan fingerprint density at radius 2 is 1.23 bits per heavy atom. The van der Waals surface area contributed by atoms with Gasteiger partial charge in [0.2, 0.25) is 0 Å². The number of aryl methyl sites for hydroxylation is 3. The van der Waals surface area contributed by atoms with Crippen LogP contribution in [0.4, 0.5) is 0 Å². The fraction of sp³-hybridized carbons (Fsp3) is 0.500. The Balaban J connectivity index is 2.55. The van der Waals surface area contributed by atoms with Crippen molar-refractivity contribution in [3.05, 3.63) is 52.1 Å². The monoisotopic (exact) mass is 370 g/mol. The van der Waals surface area contributed by atoms with Gasteiger partial charge >= 0.3 is 0 Å². The van der Waals surface area contributed by atoms with Crippen LogP contribution in [0.3, 0.4) is 0 Å². The van der Waals surface area contributed by atoms with Crippen molar-refractivity contribution in [3.8, 4) is 5.75 Å². The largest absolute Gasteiger partial charge is 0.508 e. The molecule has 2 heteroatoms. The molecule has 0 fully saturated rings. The predicted octanol–water partition coefficient (Wildman–Crippen LogP) is 7.32. The summed E-state index contributed by atoms with van der Waals surface area (Å²) in [5.74, 6) is 0.396. The second kappa shape index (κ2) is 7.31. The Hall–Kier alpha value is -1.41. The predicted molar refractivity (Wildman–Crippen MR) is 115 cm³/mol. The zero-order chi connectivity index (χ0) is 19.9. The van der Waals surface area contributed by atoms with E-state index in [-0.39, 0.29) is 10.8 Å². The number of aromatic hydroxyl groups is 1. The van der Waals surface area contributed by atoms with Gasteiger partial charge in [-0.3, -0.25) is 0 Å². The lowest BCUT2D eigenvalue weighted by Gasteiger charge is -2.25. The van der Waals surface area contributed by atoms with E-state index in [4.69, 9.17) is 0 Å². The maximum Gasteiger partial charge on any atom is 0.119 e. The highest BCUT2D eigenvalue weighted by atomic mass is 32.2. The van der Waals surface area contributed by atoms with Gasteiger partial charge < -0.3 is 5.11 Å². The first-order valence-corrected chi connectivity index (χ1v) is 10.3. The Kier molecular flexibility index (Phi) is 5.87. The van der Waals surface area contributed by atoms with Crippen molar-refractivity contribution >= 4 is 11.8 Å². The molecule has 0 heterocycles. The molecule has 2 aromatic rings. The van der Waals surface area contributed by atoms with Gasteiger partial charge in [-0.1, -0.05) is 66.3 Å². The van der Waals surface area contributed by atoms with Crippen LogP contribution in [-0.2, 0) is 17.3 Å². The Labute approximate surface area is 164 Å². The van der Waals surface area contributed by atoms with Crippen LogP contribution in [0.2, 0.25) is 0 Å². The molecule has 0 unspecified atom stereocenters. The molecule has 1 nitrogen and oxygen atoms in total. The van der Waals surface area contributed by atoms with E-state index >= 15 is 0 Å². The number of phenolic OH excluding ortho intramolecular Hbond substituents is 1. The molecule has 0 saturated carbocycles. The molecule has 0 aliphatic rings. The van der Waals surface area contributed by atoms with Crippen LogP contribution in [0.1, 0.15) is 76.3 Å². The van der Waals surface area contributed by atoms with Crippen LogP contribution in [0.25, 0.3) is 0 Å². The summed E-state index contributed by atoms with van der Waals surface area (Å²) in [7, 11) is 0. The third kappa shape index (κ3) is 4.46. The zero-order valence-electron chi connectivity index (χ0n) is 17.9. The first-order valence-electron chi connectivity index (χ1n) is 9.50. The number of hydrogen-bond donors (Lipinski definition) is 1. The van der Waals surface area contributed by atoms with E-state index < -0.39 is 0 Å². The first kappa shape index (κ1) is 20.9. The quantitative estimate of drug-likeness (QED) is 0.611. The standard InChI is InChI=1S/C24H34OS/c1-10-17-11-15(2)21(13-18(17)23(4,5)6)26-22-14-19(24(7,8)9)20(25)12-16(22)3/h11-14,25H,10H2,1-9H3. The normalized spacial score (nSPS) is 12.5. The highest BCUT2D eigenvalue weighted by molar-refractivity contribution is 7.99. The van der Waals surface area contributed by atoms with Gasteiger partial charge in [0, 0.05) is 15.4 Å². The first-order chi connectivity index (χ1) is 11.8. The van der Waals surface area contributed by atoms with Crippen LogP contribution < -0.4 is 0 Å². The average Bonchev–Trinajstić information content (AvgIpc) is 2.48. The smallest absolute Gasteiger partial charge is 0.119 e. The summed E-state index contributed by atoms with van der Waals surface area (Å²) >= 11 is 1.82. The summed E-state index contributed by atoms with van der Waals surface area (Å²) in [6.07, 6.45) is 1.06. The fourth-order valence-corrected chi connectivity index (χ4v) is 4.38. The minimum Gasteiger partial charge on any atom is -0.508 e. The van der Waals surface area contributed by atoms with Crippen LogP contribution in [-0.4, -0.2) is 5.11 Å². The topological polar surface area (TPSA) is 20.2 Å². The van der Waals surface area contributed by atoms with Gasteiger partial charge in [0.25, 0.3) is 0 Å². The van der Waals surface area contributed by atoms with E-state index in [1.807, 2.05) is 17.8 Å². The van der Waals surface area contributed by atoms with Gasteiger partial charge in [-0.05, 0) is 71.6 Å². The molecule has 0 spiro atoms. The van der Waals surface area contributed by atoms with Gasteiger partial charge in [0.1, 0.15) is 5.75 Å². The third-order valence-electron chi connectivity index (χ3n) is 4.91. The van der Waals surface area contributed by atoms with Crippen molar-refractivity contribution in [2.75, 3.05) is 0 Å². The number of hydrogen-bond acceptors (Lipinski definition) is 2. The molecule has 142 valence electrons. The second-order valence-corrected chi connectivity index (χ2v) is 10.4. The van der Waals surface area contributed by atoms with Crippen LogP contribution in [0.5, 0.6) is 5.75 Å². The van der Waals surface area contributed by atoms with Crippen LogP contribution in [0.15, 0.2) is 34.1 Å². The molecule has 0 saturated heterocycles. The summed E-state index contributed by atoms with van der Waals surface area (Å²) in [4.78, 5) is 2.53. The Morgan fingerprint density at radius 3 is 1.69 bits per heavy atom. The minimum atomic E-state index is -0.0786. The average molecular weight is 371 g/mol. The zero-order valence-corrected chi connectivity index (χ0v) is 18.7. The van der Waals surface area contributed by atoms with Gasteiger partial charge in [-0.2, -0.15) is 0 Å². The molecule has 0 radical (unpaired) electrons. The minimum absolute atomic E-state index is 0.0786.